The minimum atomic E-state index is 0.110. The second kappa shape index (κ2) is 4.97. The highest BCUT2D eigenvalue weighted by Crippen LogP contribution is 2.43. The van der Waals surface area contributed by atoms with Crippen molar-refractivity contribution in [3.8, 4) is 0 Å². The van der Waals surface area contributed by atoms with E-state index in [1.807, 2.05) is 0 Å². The molecule has 1 saturated heterocycles. The second-order valence-electron chi connectivity index (χ2n) is 5.47. The maximum Gasteiger partial charge on any atom is 0.171 e. The molecule has 5 heteroatoms. The molecule has 2 heterocycles. The fourth-order valence-electron chi connectivity index (χ4n) is 3.49. The van der Waals surface area contributed by atoms with E-state index in [-0.39, 0.29) is 5.54 Å². The van der Waals surface area contributed by atoms with Crippen molar-refractivity contribution < 1.29 is 4.74 Å². The molecule has 5 nitrogen and oxygen atoms in total. The number of aromatic nitrogens is 3. The molecule has 0 bridgehead atoms. The van der Waals surface area contributed by atoms with Gasteiger partial charge in [0.1, 0.15) is 6.61 Å². The highest BCUT2D eigenvalue weighted by atomic mass is 16.5. The maximum absolute atomic E-state index is 5.11. The SMILES string of the molecule is COCc1nc(C2(N3CCCC3)CCCC2)n[nH]1. The van der Waals surface area contributed by atoms with Gasteiger partial charge in [-0.2, -0.15) is 5.10 Å². The summed E-state index contributed by atoms with van der Waals surface area (Å²) in [5, 5.41) is 7.49. The summed E-state index contributed by atoms with van der Waals surface area (Å²) in [6, 6.07) is 0. The van der Waals surface area contributed by atoms with Crippen LogP contribution in [0.4, 0.5) is 0 Å². The van der Waals surface area contributed by atoms with E-state index in [2.05, 4.69) is 20.1 Å². The van der Waals surface area contributed by atoms with Crippen molar-refractivity contribution in [2.45, 2.75) is 50.7 Å². The molecule has 0 radical (unpaired) electrons. The third kappa shape index (κ3) is 1.95. The number of methoxy groups -OCH3 is 1. The summed E-state index contributed by atoms with van der Waals surface area (Å²) < 4.78 is 5.11. The monoisotopic (exact) mass is 250 g/mol. The van der Waals surface area contributed by atoms with Crippen LogP contribution in [-0.4, -0.2) is 40.3 Å². The van der Waals surface area contributed by atoms with Crippen molar-refractivity contribution >= 4 is 0 Å². The van der Waals surface area contributed by atoms with Crippen molar-refractivity contribution in [1.29, 1.82) is 0 Å². The fraction of sp³-hybridized carbons (Fsp3) is 0.846. The van der Waals surface area contributed by atoms with Crippen molar-refractivity contribution in [2.75, 3.05) is 20.2 Å². The van der Waals surface area contributed by atoms with Gasteiger partial charge in [0.25, 0.3) is 0 Å². The normalized spacial score (nSPS) is 23.8. The molecular weight excluding hydrogens is 228 g/mol. The van der Waals surface area contributed by atoms with Gasteiger partial charge in [0.05, 0.1) is 5.54 Å². The topological polar surface area (TPSA) is 54.0 Å². The van der Waals surface area contributed by atoms with Gasteiger partial charge in [-0.05, 0) is 38.8 Å². The van der Waals surface area contributed by atoms with E-state index in [0.717, 1.165) is 11.6 Å². The molecule has 1 aromatic rings. The van der Waals surface area contributed by atoms with E-state index in [9.17, 15) is 0 Å². The average molecular weight is 250 g/mol. The lowest BCUT2D eigenvalue weighted by atomic mass is 9.94. The number of H-pyrrole nitrogens is 1. The molecule has 1 aliphatic heterocycles. The first-order valence-electron chi connectivity index (χ1n) is 7.01. The number of ether oxygens (including phenoxy) is 1. The Kier molecular flexibility index (Phi) is 3.35. The van der Waals surface area contributed by atoms with E-state index in [1.165, 1.54) is 51.6 Å². The van der Waals surface area contributed by atoms with Gasteiger partial charge in [-0.15, -0.1) is 0 Å². The number of nitrogens with zero attached hydrogens (tertiary/aromatic N) is 3. The lowest BCUT2D eigenvalue weighted by Gasteiger charge is -2.36. The van der Waals surface area contributed by atoms with Crippen molar-refractivity contribution in [3.63, 3.8) is 0 Å². The largest absolute Gasteiger partial charge is 0.377 e. The average Bonchev–Trinajstić information content (AvgIpc) is 3.11. The van der Waals surface area contributed by atoms with Crippen LogP contribution in [0, 0.1) is 0 Å². The van der Waals surface area contributed by atoms with Crippen molar-refractivity contribution in [2.24, 2.45) is 0 Å². The molecule has 0 atom stereocenters. The van der Waals surface area contributed by atoms with E-state index < -0.39 is 0 Å². The first kappa shape index (κ1) is 12.1. The van der Waals surface area contributed by atoms with Gasteiger partial charge in [0.2, 0.25) is 0 Å². The van der Waals surface area contributed by atoms with Gasteiger partial charge >= 0.3 is 0 Å². The van der Waals surface area contributed by atoms with Crippen LogP contribution in [0.15, 0.2) is 0 Å². The van der Waals surface area contributed by atoms with Gasteiger partial charge in [-0.25, -0.2) is 4.98 Å². The Morgan fingerprint density at radius 2 is 1.94 bits per heavy atom. The summed E-state index contributed by atoms with van der Waals surface area (Å²) in [7, 11) is 1.69. The Morgan fingerprint density at radius 3 is 2.61 bits per heavy atom. The molecule has 18 heavy (non-hydrogen) atoms. The molecule has 2 aliphatic rings. The van der Waals surface area contributed by atoms with Crippen LogP contribution in [-0.2, 0) is 16.9 Å². The summed E-state index contributed by atoms with van der Waals surface area (Å²) in [4.78, 5) is 7.28. The molecule has 1 saturated carbocycles. The Balaban J connectivity index is 1.87. The highest BCUT2D eigenvalue weighted by molar-refractivity contribution is 5.11. The Bertz CT molecular complexity index is 391. The van der Waals surface area contributed by atoms with E-state index >= 15 is 0 Å². The van der Waals surface area contributed by atoms with Crippen LogP contribution in [0.3, 0.4) is 0 Å². The predicted molar refractivity (Wildman–Crippen MR) is 68.0 cm³/mol. The van der Waals surface area contributed by atoms with E-state index in [4.69, 9.17) is 4.74 Å². The summed E-state index contributed by atoms with van der Waals surface area (Å²) in [5.41, 5.74) is 0.110. The smallest absolute Gasteiger partial charge is 0.171 e. The number of likely N-dealkylation sites (tertiary alicyclic amines) is 1. The molecule has 1 aromatic heterocycles. The number of aromatic amines is 1. The minimum Gasteiger partial charge on any atom is -0.377 e. The zero-order chi connectivity index (χ0) is 12.4. The summed E-state index contributed by atoms with van der Waals surface area (Å²) in [6.45, 7) is 2.92. The zero-order valence-corrected chi connectivity index (χ0v) is 11.1. The molecular formula is C13H22N4O. The van der Waals surface area contributed by atoms with E-state index in [0.29, 0.717) is 6.61 Å². The highest BCUT2D eigenvalue weighted by Gasteiger charge is 2.45. The van der Waals surface area contributed by atoms with E-state index in [1.54, 1.807) is 7.11 Å². The predicted octanol–water partition coefficient (Wildman–Crippen LogP) is 1.82. The second-order valence-corrected chi connectivity index (χ2v) is 5.47. The Morgan fingerprint density at radius 1 is 1.22 bits per heavy atom. The summed E-state index contributed by atoms with van der Waals surface area (Å²) in [5.74, 6) is 1.84. The molecule has 2 fully saturated rings. The fourth-order valence-corrected chi connectivity index (χ4v) is 3.49. The molecule has 0 spiro atoms. The number of hydrogen-bond acceptors (Lipinski definition) is 4. The summed E-state index contributed by atoms with van der Waals surface area (Å²) in [6.07, 6.45) is 7.64. The lowest BCUT2D eigenvalue weighted by Crippen LogP contribution is -2.43. The zero-order valence-electron chi connectivity index (χ0n) is 11.1. The van der Waals surface area contributed by atoms with Gasteiger partial charge in [0, 0.05) is 7.11 Å². The van der Waals surface area contributed by atoms with Crippen LogP contribution in [0.1, 0.15) is 50.2 Å². The minimum absolute atomic E-state index is 0.110. The first-order chi connectivity index (χ1) is 8.85. The van der Waals surface area contributed by atoms with Crippen LogP contribution < -0.4 is 0 Å². The molecule has 1 aliphatic carbocycles. The van der Waals surface area contributed by atoms with Crippen LogP contribution >= 0.6 is 0 Å². The first-order valence-corrected chi connectivity index (χ1v) is 7.01. The van der Waals surface area contributed by atoms with Gasteiger partial charge < -0.3 is 4.74 Å². The molecule has 0 aromatic carbocycles. The lowest BCUT2D eigenvalue weighted by molar-refractivity contribution is 0.111. The van der Waals surface area contributed by atoms with Gasteiger partial charge in [-0.1, -0.05) is 12.8 Å². The van der Waals surface area contributed by atoms with Gasteiger partial charge in [-0.3, -0.25) is 10.00 Å². The van der Waals surface area contributed by atoms with Crippen LogP contribution in [0.25, 0.3) is 0 Å². The third-order valence-electron chi connectivity index (χ3n) is 4.37. The Hall–Kier alpha value is -0.940. The quantitative estimate of drug-likeness (QED) is 0.885. The number of rotatable bonds is 4. The number of nitrogens with one attached hydrogen (secondary N) is 1. The maximum atomic E-state index is 5.11. The molecule has 0 unspecified atom stereocenters. The standard InChI is InChI=1S/C13H22N4O/c1-18-10-11-14-12(16-15-11)13(6-2-3-7-13)17-8-4-5-9-17/h2-10H2,1H3,(H,14,15,16). The molecule has 1 N–H and O–H groups in total. The third-order valence-corrected chi connectivity index (χ3v) is 4.37. The molecule has 100 valence electrons. The molecule has 3 rings (SSSR count). The number of hydrogen-bond donors (Lipinski definition) is 1. The Labute approximate surface area is 108 Å². The van der Waals surface area contributed by atoms with Crippen molar-refractivity contribution in [3.05, 3.63) is 11.6 Å². The van der Waals surface area contributed by atoms with Crippen LogP contribution in [0.5, 0.6) is 0 Å². The van der Waals surface area contributed by atoms with Crippen molar-refractivity contribution in [1.82, 2.24) is 20.1 Å². The van der Waals surface area contributed by atoms with Gasteiger partial charge in [0.15, 0.2) is 11.6 Å². The van der Waals surface area contributed by atoms with Crippen LogP contribution in [0.2, 0.25) is 0 Å². The summed E-state index contributed by atoms with van der Waals surface area (Å²) >= 11 is 0. The molecule has 0 amide bonds.